The lowest BCUT2D eigenvalue weighted by Crippen LogP contribution is -2.37. The summed E-state index contributed by atoms with van der Waals surface area (Å²) in [6, 6.07) is 17.9. The number of benzene rings is 2. The number of halogens is 1. The Kier molecular flexibility index (Phi) is 5.87. The van der Waals surface area contributed by atoms with Crippen molar-refractivity contribution < 1.29 is 14.0 Å². The van der Waals surface area contributed by atoms with E-state index in [2.05, 4.69) is 5.32 Å². The normalized spacial score (nSPS) is 16.2. The molecule has 1 aliphatic rings. The second kappa shape index (κ2) is 8.73. The van der Waals surface area contributed by atoms with Crippen LogP contribution in [0.25, 0.3) is 0 Å². The first-order chi connectivity index (χ1) is 14.5. The summed E-state index contributed by atoms with van der Waals surface area (Å²) in [6.07, 6.45) is -0.0644. The quantitative estimate of drug-likeness (QED) is 0.578. The predicted octanol–water partition coefficient (Wildman–Crippen LogP) is 4.42. The summed E-state index contributed by atoms with van der Waals surface area (Å²) in [6.45, 7) is 0.445. The van der Waals surface area contributed by atoms with Gasteiger partial charge in [-0.05, 0) is 60.1 Å². The molecule has 0 bridgehead atoms. The van der Waals surface area contributed by atoms with Crippen molar-refractivity contribution in [3.63, 3.8) is 0 Å². The maximum Gasteiger partial charge on any atom is 0.256 e. The van der Waals surface area contributed by atoms with Crippen LogP contribution in [-0.4, -0.2) is 27.9 Å². The SMILES string of the molecule is O=C(C[C@H]1C(=O)N(c2ccccc2)C(=S)N1Cc1cccs1)Nc1ccc(F)cc1. The molecule has 4 rings (SSSR count). The molecule has 0 saturated carbocycles. The van der Waals surface area contributed by atoms with Gasteiger partial charge in [0.25, 0.3) is 5.91 Å². The van der Waals surface area contributed by atoms with Crippen LogP contribution in [0, 0.1) is 5.82 Å². The Morgan fingerprint density at radius 3 is 2.47 bits per heavy atom. The molecule has 1 aromatic heterocycles. The minimum atomic E-state index is -0.722. The standard InChI is InChI=1S/C22H18FN3O2S2/c23-15-8-10-16(11-9-15)24-20(27)13-19-21(28)26(17-5-2-1-3-6-17)22(29)25(19)14-18-7-4-12-30-18/h1-12,19H,13-14H2,(H,24,27)/t19-/m0/s1. The minimum Gasteiger partial charge on any atom is -0.331 e. The van der Waals surface area contributed by atoms with Crippen LogP contribution in [0.15, 0.2) is 72.1 Å². The van der Waals surface area contributed by atoms with E-state index >= 15 is 0 Å². The lowest BCUT2D eigenvalue weighted by Gasteiger charge is -2.23. The molecule has 8 heteroatoms. The lowest BCUT2D eigenvalue weighted by atomic mass is 10.1. The zero-order chi connectivity index (χ0) is 21.1. The topological polar surface area (TPSA) is 52.7 Å². The van der Waals surface area contributed by atoms with E-state index in [0.717, 1.165) is 4.88 Å². The summed E-state index contributed by atoms with van der Waals surface area (Å²) in [4.78, 5) is 30.2. The summed E-state index contributed by atoms with van der Waals surface area (Å²) in [5.74, 6) is -0.962. The first-order valence-electron chi connectivity index (χ1n) is 9.30. The van der Waals surface area contributed by atoms with Crippen molar-refractivity contribution in [1.29, 1.82) is 0 Å². The number of carbonyl (C=O) groups is 2. The number of hydrogen-bond donors (Lipinski definition) is 1. The summed E-state index contributed by atoms with van der Waals surface area (Å²) >= 11 is 7.20. The Labute approximate surface area is 182 Å². The number of nitrogens with one attached hydrogen (secondary N) is 1. The fraction of sp³-hybridized carbons (Fsp3) is 0.136. The van der Waals surface area contributed by atoms with Crippen LogP contribution in [0.4, 0.5) is 15.8 Å². The molecule has 1 atom stereocenters. The van der Waals surface area contributed by atoms with Crippen LogP contribution >= 0.6 is 23.6 Å². The van der Waals surface area contributed by atoms with Gasteiger partial charge in [-0.15, -0.1) is 11.3 Å². The smallest absolute Gasteiger partial charge is 0.256 e. The monoisotopic (exact) mass is 439 g/mol. The number of carbonyl (C=O) groups excluding carboxylic acids is 2. The third-order valence-electron chi connectivity index (χ3n) is 4.75. The molecule has 1 N–H and O–H groups in total. The number of hydrogen-bond acceptors (Lipinski definition) is 4. The average Bonchev–Trinajstić information content (AvgIpc) is 3.33. The van der Waals surface area contributed by atoms with Crippen molar-refractivity contribution in [2.24, 2.45) is 0 Å². The van der Waals surface area contributed by atoms with Gasteiger partial charge in [-0.2, -0.15) is 0 Å². The summed E-state index contributed by atoms with van der Waals surface area (Å²) in [7, 11) is 0. The van der Waals surface area contributed by atoms with Crippen molar-refractivity contribution in [1.82, 2.24) is 4.90 Å². The molecule has 0 aliphatic carbocycles. The summed E-state index contributed by atoms with van der Waals surface area (Å²) < 4.78 is 13.1. The molecule has 1 fully saturated rings. The molecule has 0 radical (unpaired) electrons. The van der Waals surface area contributed by atoms with Crippen LogP contribution in [-0.2, 0) is 16.1 Å². The van der Waals surface area contributed by atoms with Crippen molar-refractivity contribution >= 4 is 51.9 Å². The van der Waals surface area contributed by atoms with Gasteiger partial charge < -0.3 is 10.2 Å². The molecule has 2 aromatic carbocycles. The molecular formula is C22H18FN3O2S2. The highest BCUT2D eigenvalue weighted by Crippen LogP contribution is 2.29. The molecular weight excluding hydrogens is 421 g/mol. The van der Waals surface area contributed by atoms with Crippen molar-refractivity contribution in [3.8, 4) is 0 Å². The number of thiophene rings is 1. The van der Waals surface area contributed by atoms with Crippen molar-refractivity contribution in [2.45, 2.75) is 19.0 Å². The van der Waals surface area contributed by atoms with Gasteiger partial charge in [-0.25, -0.2) is 4.39 Å². The van der Waals surface area contributed by atoms with E-state index in [0.29, 0.717) is 23.0 Å². The van der Waals surface area contributed by atoms with Gasteiger partial charge in [0.05, 0.1) is 18.7 Å². The Morgan fingerprint density at radius 1 is 1.07 bits per heavy atom. The summed E-state index contributed by atoms with van der Waals surface area (Å²) in [5.41, 5.74) is 1.14. The number of amides is 2. The van der Waals surface area contributed by atoms with E-state index in [1.807, 2.05) is 47.8 Å². The Bertz CT molecular complexity index is 1060. The van der Waals surface area contributed by atoms with E-state index in [-0.39, 0.29) is 24.1 Å². The third-order valence-corrected chi connectivity index (χ3v) is 6.02. The van der Waals surface area contributed by atoms with Gasteiger partial charge in [0, 0.05) is 10.6 Å². The van der Waals surface area contributed by atoms with Gasteiger partial charge in [-0.3, -0.25) is 14.5 Å². The van der Waals surface area contributed by atoms with E-state index in [1.165, 1.54) is 29.2 Å². The average molecular weight is 440 g/mol. The highest BCUT2D eigenvalue weighted by molar-refractivity contribution is 7.80. The van der Waals surface area contributed by atoms with Crippen LogP contribution in [0.3, 0.4) is 0 Å². The third kappa shape index (κ3) is 4.24. The second-order valence-electron chi connectivity index (χ2n) is 6.77. The van der Waals surface area contributed by atoms with Crippen molar-refractivity contribution in [3.05, 3.63) is 82.8 Å². The Hall–Kier alpha value is -3.10. The number of anilines is 2. The molecule has 5 nitrogen and oxygen atoms in total. The summed E-state index contributed by atoms with van der Waals surface area (Å²) in [5, 5.41) is 5.06. The van der Waals surface area contributed by atoms with Gasteiger partial charge in [0.2, 0.25) is 5.91 Å². The lowest BCUT2D eigenvalue weighted by molar-refractivity contribution is -0.124. The second-order valence-corrected chi connectivity index (χ2v) is 8.17. The zero-order valence-corrected chi connectivity index (χ0v) is 17.5. The van der Waals surface area contributed by atoms with E-state index in [1.54, 1.807) is 16.2 Å². The number of thiocarbonyl (C=S) groups is 1. The molecule has 30 heavy (non-hydrogen) atoms. The minimum absolute atomic E-state index is 0.0644. The molecule has 2 heterocycles. The first-order valence-corrected chi connectivity index (χ1v) is 10.6. The number of nitrogens with zero attached hydrogens (tertiary/aromatic N) is 2. The van der Waals surface area contributed by atoms with E-state index in [9.17, 15) is 14.0 Å². The Balaban J connectivity index is 1.57. The van der Waals surface area contributed by atoms with E-state index in [4.69, 9.17) is 12.2 Å². The number of rotatable bonds is 6. The van der Waals surface area contributed by atoms with Crippen LogP contribution in [0.1, 0.15) is 11.3 Å². The highest BCUT2D eigenvalue weighted by Gasteiger charge is 2.44. The van der Waals surface area contributed by atoms with E-state index < -0.39 is 6.04 Å². The van der Waals surface area contributed by atoms with Gasteiger partial charge in [0.1, 0.15) is 11.9 Å². The first kappa shape index (κ1) is 20.2. The van der Waals surface area contributed by atoms with Crippen molar-refractivity contribution in [2.75, 3.05) is 10.2 Å². The van der Waals surface area contributed by atoms with Gasteiger partial charge >= 0.3 is 0 Å². The molecule has 1 aliphatic heterocycles. The molecule has 3 aromatic rings. The molecule has 152 valence electrons. The van der Waals surface area contributed by atoms with Gasteiger partial charge in [-0.1, -0.05) is 24.3 Å². The molecule has 0 spiro atoms. The Morgan fingerprint density at radius 2 is 1.80 bits per heavy atom. The molecule has 1 saturated heterocycles. The predicted molar refractivity (Wildman–Crippen MR) is 120 cm³/mol. The van der Waals surface area contributed by atoms with Gasteiger partial charge in [0.15, 0.2) is 5.11 Å². The maximum absolute atomic E-state index is 13.3. The molecule has 2 amide bonds. The van der Waals surface area contributed by atoms with Crippen LogP contribution in [0.2, 0.25) is 0 Å². The zero-order valence-electron chi connectivity index (χ0n) is 15.8. The van der Waals surface area contributed by atoms with Crippen LogP contribution in [0.5, 0.6) is 0 Å². The number of para-hydroxylation sites is 1. The maximum atomic E-state index is 13.3. The van der Waals surface area contributed by atoms with Crippen LogP contribution < -0.4 is 10.2 Å². The highest BCUT2D eigenvalue weighted by atomic mass is 32.1. The fourth-order valence-corrected chi connectivity index (χ4v) is 4.41. The molecule has 0 unspecified atom stereocenters. The fourth-order valence-electron chi connectivity index (χ4n) is 3.32. The largest absolute Gasteiger partial charge is 0.331 e.